The Kier molecular flexibility index (Phi) is 4.33. The van der Waals surface area contributed by atoms with E-state index in [0.29, 0.717) is 5.92 Å². The molecule has 0 saturated carbocycles. The molecule has 1 atom stereocenters. The minimum absolute atomic E-state index is 0.521. The molecule has 0 saturated heterocycles. The van der Waals surface area contributed by atoms with Crippen molar-refractivity contribution in [2.75, 3.05) is 13.7 Å². The van der Waals surface area contributed by atoms with Gasteiger partial charge in [-0.2, -0.15) is 0 Å². The quantitative estimate of drug-likeness (QED) is 0.714. The van der Waals surface area contributed by atoms with Crippen LogP contribution in [0.25, 0.3) is 0 Å². The first-order valence-electron chi connectivity index (χ1n) is 4.63. The molecular weight excluding hydrogens is 162 g/mol. The van der Waals surface area contributed by atoms with Gasteiger partial charge in [0, 0.05) is 25.6 Å². The molecule has 1 aliphatic rings. The van der Waals surface area contributed by atoms with Crippen molar-refractivity contribution >= 4 is 0 Å². The fraction of sp³-hybridized carbons (Fsp3) is 0.455. The van der Waals surface area contributed by atoms with Gasteiger partial charge < -0.3 is 10.1 Å². The van der Waals surface area contributed by atoms with E-state index in [9.17, 15) is 0 Å². The lowest BCUT2D eigenvalue weighted by atomic mass is 10.0. The highest BCUT2D eigenvalue weighted by molar-refractivity contribution is 5.22. The van der Waals surface area contributed by atoms with Gasteiger partial charge in [0.25, 0.3) is 0 Å². The van der Waals surface area contributed by atoms with Crippen LogP contribution >= 0.6 is 0 Å². The summed E-state index contributed by atoms with van der Waals surface area (Å²) in [7, 11) is 1.74. The second-order valence-corrected chi connectivity index (χ2v) is 3.19. The van der Waals surface area contributed by atoms with Crippen LogP contribution in [0.3, 0.4) is 0 Å². The van der Waals surface area contributed by atoms with Crippen LogP contribution in [0.4, 0.5) is 0 Å². The number of hydrogen-bond acceptors (Lipinski definition) is 2. The Bertz CT molecular complexity index is 228. The molecule has 2 heteroatoms. The Labute approximate surface area is 80.0 Å². The summed E-state index contributed by atoms with van der Waals surface area (Å²) >= 11 is 0. The molecule has 0 aromatic rings. The number of ether oxygens (including phenoxy) is 1. The SMILES string of the molecule is COCCC(C)C1=CC=CC=CN1. The maximum atomic E-state index is 5.04. The first kappa shape index (κ1) is 10.1. The number of nitrogens with one attached hydrogen (secondary N) is 1. The molecule has 0 fully saturated rings. The molecule has 1 aliphatic heterocycles. The van der Waals surface area contributed by atoms with Crippen molar-refractivity contribution < 1.29 is 4.74 Å². The van der Waals surface area contributed by atoms with Crippen LogP contribution < -0.4 is 5.32 Å². The van der Waals surface area contributed by atoms with Gasteiger partial charge in [-0.15, -0.1) is 0 Å². The molecule has 2 nitrogen and oxygen atoms in total. The summed E-state index contributed by atoms with van der Waals surface area (Å²) in [6, 6.07) is 0. The van der Waals surface area contributed by atoms with Crippen molar-refractivity contribution in [3.8, 4) is 0 Å². The van der Waals surface area contributed by atoms with Crippen molar-refractivity contribution in [2.24, 2.45) is 5.92 Å². The molecule has 0 amide bonds. The van der Waals surface area contributed by atoms with Gasteiger partial charge in [0.2, 0.25) is 0 Å². The summed E-state index contributed by atoms with van der Waals surface area (Å²) in [6.07, 6.45) is 11.2. The molecule has 0 spiro atoms. The third kappa shape index (κ3) is 3.47. The van der Waals surface area contributed by atoms with E-state index in [1.54, 1.807) is 7.11 Å². The highest BCUT2D eigenvalue weighted by atomic mass is 16.5. The molecule has 72 valence electrons. The number of methoxy groups -OCH3 is 1. The van der Waals surface area contributed by atoms with Crippen molar-refractivity contribution in [3.63, 3.8) is 0 Å². The smallest absolute Gasteiger partial charge is 0.0468 e. The lowest BCUT2D eigenvalue weighted by Crippen LogP contribution is -2.14. The van der Waals surface area contributed by atoms with E-state index >= 15 is 0 Å². The van der Waals surface area contributed by atoms with E-state index in [1.807, 2.05) is 18.4 Å². The Morgan fingerprint density at radius 3 is 3.00 bits per heavy atom. The highest BCUT2D eigenvalue weighted by Crippen LogP contribution is 2.13. The molecule has 0 aromatic heterocycles. The number of hydrogen-bond donors (Lipinski definition) is 1. The highest BCUT2D eigenvalue weighted by Gasteiger charge is 2.06. The Balaban J connectivity index is 2.45. The maximum Gasteiger partial charge on any atom is 0.0468 e. The third-order valence-electron chi connectivity index (χ3n) is 2.13. The lowest BCUT2D eigenvalue weighted by molar-refractivity contribution is 0.184. The minimum Gasteiger partial charge on any atom is -0.385 e. The van der Waals surface area contributed by atoms with E-state index in [4.69, 9.17) is 4.74 Å². The number of rotatable bonds is 4. The molecule has 1 unspecified atom stereocenters. The monoisotopic (exact) mass is 179 g/mol. The Morgan fingerprint density at radius 1 is 1.38 bits per heavy atom. The van der Waals surface area contributed by atoms with E-state index < -0.39 is 0 Å². The summed E-state index contributed by atoms with van der Waals surface area (Å²) < 4.78 is 5.04. The van der Waals surface area contributed by atoms with Gasteiger partial charge in [0.05, 0.1) is 0 Å². The van der Waals surface area contributed by atoms with Gasteiger partial charge in [-0.1, -0.05) is 19.1 Å². The van der Waals surface area contributed by atoms with Crippen molar-refractivity contribution in [2.45, 2.75) is 13.3 Å². The zero-order valence-corrected chi connectivity index (χ0v) is 8.29. The topological polar surface area (TPSA) is 21.3 Å². The van der Waals surface area contributed by atoms with E-state index in [2.05, 4.69) is 24.4 Å². The third-order valence-corrected chi connectivity index (χ3v) is 2.13. The van der Waals surface area contributed by atoms with E-state index in [0.717, 1.165) is 13.0 Å². The van der Waals surface area contributed by atoms with Gasteiger partial charge >= 0.3 is 0 Å². The van der Waals surface area contributed by atoms with E-state index in [1.165, 1.54) is 5.70 Å². The normalized spacial score (nSPS) is 17.5. The summed E-state index contributed by atoms with van der Waals surface area (Å²) in [5.41, 5.74) is 1.25. The standard InChI is InChI=1S/C11H17NO/c1-10(7-9-13-2)11-6-4-3-5-8-12-11/h3-6,8,10,12H,7,9H2,1-2H3. The molecule has 13 heavy (non-hydrogen) atoms. The van der Waals surface area contributed by atoms with Crippen LogP contribution in [-0.2, 0) is 4.74 Å². The van der Waals surface area contributed by atoms with Crippen molar-refractivity contribution in [3.05, 3.63) is 36.2 Å². The number of allylic oxidation sites excluding steroid dienone is 5. The van der Waals surface area contributed by atoms with Crippen LogP contribution in [0.15, 0.2) is 36.2 Å². The summed E-state index contributed by atoms with van der Waals surface area (Å²) in [6.45, 7) is 3.01. The molecule has 1 rings (SSSR count). The molecule has 0 radical (unpaired) electrons. The average Bonchev–Trinajstić information content (AvgIpc) is 2.42. The minimum atomic E-state index is 0.521. The molecule has 0 aromatic carbocycles. The summed E-state index contributed by atoms with van der Waals surface area (Å²) in [4.78, 5) is 0. The van der Waals surface area contributed by atoms with E-state index in [-0.39, 0.29) is 0 Å². The molecular formula is C11H17NO. The first-order valence-corrected chi connectivity index (χ1v) is 4.63. The fourth-order valence-corrected chi connectivity index (χ4v) is 1.23. The van der Waals surface area contributed by atoms with Crippen molar-refractivity contribution in [1.29, 1.82) is 0 Å². The Morgan fingerprint density at radius 2 is 2.23 bits per heavy atom. The average molecular weight is 179 g/mol. The summed E-state index contributed by atoms with van der Waals surface area (Å²) in [5, 5.41) is 3.25. The summed E-state index contributed by atoms with van der Waals surface area (Å²) in [5.74, 6) is 0.521. The van der Waals surface area contributed by atoms with Crippen LogP contribution in [0.2, 0.25) is 0 Å². The Hall–Kier alpha value is -1.02. The maximum absolute atomic E-state index is 5.04. The van der Waals surface area contributed by atoms with Crippen LogP contribution in [-0.4, -0.2) is 13.7 Å². The van der Waals surface area contributed by atoms with Crippen molar-refractivity contribution in [1.82, 2.24) is 5.32 Å². The van der Waals surface area contributed by atoms with Crippen LogP contribution in [0.1, 0.15) is 13.3 Å². The van der Waals surface area contributed by atoms with Gasteiger partial charge in [-0.25, -0.2) is 0 Å². The molecule has 1 heterocycles. The molecule has 0 bridgehead atoms. The fourth-order valence-electron chi connectivity index (χ4n) is 1.23. The lowest BCUT2D eigenvalue weighted by Gasteiger charge is -2.14. The van der Waals surface area contributed by atoms with Gasteiger partial charge in [0.15, 0.2) is 0 Å². The first-order chi connectivity index (χ1) is 6.34. The van der Waals surface area contributed by atoms with Gasteiger partial charge in [0.1, 0.15) is 0 Å². The predicted octanol–water partition coefficient (Wildman–Crippen LogP) is 2.22. The molecule has 0 aliphatic carbocycles. The largest absolute Gasteiger partial charge is 0.385 e. The second kappa shape index (κ2) is 5.60. The molecule has 1 N–H and O–H groups in total. The zero-order chi connectivity index (χ0) is 9.52. The van der Waals surface area contributed by atoms with Crippen LogP contribution in [0.5, 0.6) is 0 Å². The second-order valence-electron chi connectivity index (χ2n) is 3.19. The zero-order valence-electron chi connectivity index (χ0n) is 8.29. The van der Waals surface area contributed by atoms with Gasteiger partial charge in [-0.3, -0.25) is 0 Å². The predicted molar refractivity (Wildman–Crippen MR) is 55.2 cm³/mol. The van der Waals surface area contributed by atoms with Crippen LogP contribution in [0, 0.1) is 5.92 Å². The van der Waals surface area contributed by atoms with Gasteiger partial charge in [-0.05, 0) is 24.5 Å².